The molecule has 1 heterocycles. The third kappa shape index (κ3) is 5.30. The van der Waals surface area contributed by atoms with E-state index < -0.39 is 6.04 Å². The van der Waals surface area contributed by atoms with E-state index in [9.17, 15) is 15.0 Å². The summed E-state index contributed by atoms with van der Waals surface area (Å²) < 4.78 is 5.85. The van der Waals surface area contributed by atoms with Crippen LogP contribution in [0.25, 0.3) is 22.0 Å². The second-order valence-corrected chi connectivity index (χ2v) is 8.33. The lowest BCUT2D eigenvalue weighted by Crippen LogP contribution is -2.39. The molecule has 0 saturated heterocycles. The number of para-hydroxylation sites is 1. The monoisotopic (exact) mass is 460 g/mol. The van der Waals surface area contributed by atoms with Crippen LogP contribution in [0.3, 0.4) is 0 Å². The Morgan fingerprint density at radius 2 is 1.82 bits per heavy atom. The average molecular weight is 461 g/mol. The van der Waals surface area contributed by atoms with Crippen molar-refractivity contribution in [3.8, 4) is 16.9 Å². The molecule has 4 rings (SSSR count). The van der Waals surface area contributed by atoms with Gasteiger partial charge in [-0.15, -0.1) is 0 Å². The number of rotatable bonds is 10. The highest BCUT2D eigenvalue weighted by Gasteiger charge is 2.19. The number of aromatic amines is 1. The Hall–Kier alpha value is -3.61. The maximum atomic E-state index is 13.3. The number of amides is 1. The van der Waals surface area contributed by atoms with E-state index >= 15 is 0 Å². The predicted molar refractivity (Wildman–Crippen MR) is 136 cm³/mol. The van der Waals surface area contributed by atoms with Crippen molar-refractivity contribution >= 4 is 16.8 Å². The van der Waals surface area contributed by atoms with Crippen LogP contribution in [-0.4, -0.2) is 40.4 Å². The summed E-state index contributed by atoms with van der Waals surface area (Å²) in [6.45, 7) is 2.32. The smallest absolute Gasteiger partial charge is 0.255 e. The summed E-state index contributed by atoms with van der Waals surface area (Å²) in [4.78, 5) is 16.6. The van der Waals surface area contributed by atoms with Crippen LogP contribution in [0.5, 0.6) is 5.75 Å². The first-order valence-electron chi connectivity index (χ1n) is 11.6. The minimum atomic E-state index is -0.446. The minimum Gasteiger partial charge on any atom is -0.493 e. The molecule has 0 bridgehead atoms. The van der Waals surface area contributed by atoms with Gasteiger partial charge < -0.3 is 25.3 Å². The predicted octanol–water partition coefficient (Wildman–Crippen LogP) is 4.70. The van der Waals surface area contributed by atoms with E-state index in [1.807, 2.05) is 79.9 Å². The third-order valence-corrected chi connectivity index (χ3v) is 5.85. The van der Waals surface area contributed by atoms with Crippen LogP contribution < -0.4 is 10.1 Å². The van der Waals surface area contributed by atoms with Crippen LogP contribution in [0.1, 0.15) is 36.3 Å². The Morgan fingerprint density at radius 1 is 1.06 bits per heavy atom. The second kappa shape index (κ2) is 11.0. The highest BCUT2D eigenvalue weighted by atomic mass is 16.5. The molecule has 0 aliphatic heterocycles. The van der Waals surface area contributed by atoms with E-state index in [1.54, 1.807) is 0 Å². The molecular formula is C28H32N2O4. The van der Waals surface area contributed by atoms with E-state index in [-0.39, 0.29) is 20.5 Å². The number of benzene rings is 3. The third-order valence-electron chi connectivity index (χ3n) is 5.85. The summed E-state index contributed by atoms with van der Waals surface area (Å²) in [5.74, 6) is 0.220. The number of carbonyl (C=O) groups excluding carboxylic acids is 1. The van der Waals surface area contributed by atoms with Gasteiger partial charge in [0.05, 0.1) is 31.4 Å². The summed E-state index contributed by atoms with van der Waals surface area (Å²) in [7, 11) is 0. The molecule has 4 N–H and O–H groups in total. The van der Waals surface area contributed by atoms with Crippen LogP contribution in [0.15, 0.2) is 72.9 Å². The minimum absolute atomic E-state index is 0. The van der Waals surface area contributed by atoms with E-state index in [4.69, 9.17) is 4.74 Å². The van der Waals surface area contributed by atoms with Crippen LogP contribution in [0.2, 0.25) is 0 Å². The first kappa shape index (κ1) is 23.5. The number of aliphatic hydroxyl groups is 2. The van der Waals surface area contributed by atoms with Crippen molar-refractivity contribution in [2.24, 2.45) is 0 Å². The largest absolute Gasteiger partial charge is 0.493 e. The quantitative estimate of drug-likeness (QED) is 0.276. The molecule has 0 fully saturated rings. The fraction of sp³-hybridized carbons (Fsp3) is 0.250. The normalized spacial score (nSPS) is 12.0. The molecule has 6 heteroatoms. The number of H-pyrrole nitrogens is 1. The average Bonchev–Trinajstić information content (AvgIpc) is 3.29. The first-order valence-corrected chi connectivity index (χ1v) is 11.6. The van der Waals surface area contributed by atoms with Gasteiger partial charge in [0, 0.05) is 18.5 Å². The number of nitrogens with one attached hydrogen (secondary N) is 2. The molecule has 178 valence electrons. The lowest BCUT2D eigenvalue weighted by atomic mass is 10.00. The Kier molecular flexibility index (Phi) is 7.62. The first-order chi connectivity index (χ1) is 16.6. The van der Waals surface area contributed by atoms with Crippen molar-refractivity contribution < 1.29 is 21.2 Å². The van der Waals surface area contributed by atoms with Gasteiger partial charge in [0.15, 0.2) is 0 Å². The SMILES string of the molecule is CCCOc1ccc(-c2ccc(CO)cc2)cc1C(=O)N[C@H](CO)Cc1c[nH]c2ccccc12.[HH]. The van der Waals surface area contributed by atoms with Crippen LogP contribution in [-0.2, 0) is 13.0 Å². The van der Waals surface area contributed by atoms with Crippen molar-refractivity contribution in [3.05, 3.63) is 89.6 Å². The summed E-state index contributed by atoms with van der Waals surface area (Å²) in [6.07, 6.45) is 3.25. The fourth-order valence-electron chi connectivity index (χ4n) is 4.02. The molecule has 0 spiro atoms. The molecule has 0 aliphatic rings. The van der Waals surface area contributed by atoms with Gasteiger partial charge in [-0.3, -0.25) is 4.79 Å². The lowest BCUT2D eigenvalue weighted by Gasteiger charge is -2.18. The molecule has 0 aliphatic carbocycles. The van der Waals surface area contributed by atoms with Crippen LogP contribution in [0, 0.1) is 0 Å². The van der Waals surface area contributed by atoms with Gasteiger partial charge in [-0.1, -0.05) is 55.5 Å². The standard InChI is InChI=1S/C28H30N2O4.H2/c1-2-13-34-27-12-11-21(20-9-7-19(17-31)8-10-20)15-25(27)28(33)30-23(18-32)14-22-16-29-26-6-4-3-5-24(22)26;/h3-12,15-16,23,29,31-32H,2,13-14,17-18H2,1H3,(H,30,33);1H/t23-;/m0./s1. The lowest BCUT2D eigenvalue weighted by molar-refractivity contribution is 0.0912. The maximum Gasteiger partial charge on any atom is 0.255 e. The van der Waals surface area contributed by atoms with Crippen molar-refractivity contribution in [2.45, 2.75) is 32.4 Å². The molecule has 3 aromatic carbocycles. The second-order valence-electron chi connectivity index (χ2n) is 8.33. The maximum absolute atomic E-state index is 13.3. The number of hydrogen-bond donors (Lipinski definition) is 4. The molecule has 6 nitrogen and oxygen atoms in total. The molecule has 1 aromatic heterocycles. The highest BCUT2D eigenvalue weighted by Crippen LogP contribution is 2.28. The van der Waals surface area contributed by atoms with Crippen molar-refractivity contribution in [1.82, 2.24) is 10.3 Å². The Labute approximate surface area is 200 Å². The van der Waals surface area contributed by atoms with Gasteiger partial charge in [0.2, 0.25) is 0 Å². The van der Waals surface area contributed by atoms with Gasteiger partial charge in [-0.05, 0) is 53.3 Å². The van der Waals surface area contributed by atoms with E-state index in [2.05, 4.69) is 10.3 Å². The van der Waals surface area contributed by atoms with Gasteiger partial charge in [0.1, 0.15) is 5.75 Å². The number of aromatic nitrogens is 1. The van der Waals surface area contributed by atoms with E-state index in [0.717, 1.165) is 39.6 Å². The molecule has 1 amide bonds. The molecule has 4 aromatic rings. The number of fused-ring (bicyclic) bond motifs is 1. The summed E-state index contributed by atoms with van der Waals surface area (Å²) in [5, 5.41) is 23.4. The molecular weight excluding hydrogens is 428 g/mol. The molecule has 1 atom stereocenters. The Bertz CT molecular complexity index is 1250. The zero-order valence-electron chi connectivity index (χ0n) is 19.3. The summed E-state index contributed by atoms with van der Waals surface area (Å²) in [6, 6.07) is 20.6. The van der Waals surface area contributed by atoms with Crippen LogP contribution in [0.4, 0.5) is 0 Å². The van der Waals surface area contributed by atoms with Crippen molar-refractivity contribution in [2.75, 3.05) is 13.2 Å². The van der Waals surface area contributed by atoms with Gasteiger partial charge >= 0.3 is 0 Å². The number of aliphatic hydroxyl groups excluding tert-OH is 2. The van der Waals surface area contributed by atoms with E-state index in [1.165, 1.54) is 0 Å². The number of hydrogen-bond acceptors (Lipinski definition) is 4. The zero-order chi connectivity index (χ0) is 23.9. The Morgan fingerprint density at radius 3 is 2.56 bits per heavy atom. The zero-order valence-corrected chi connectivity index (χ0v) is 19.3. The van der Waals surface area contributed by atoms with Crippen molar-refractivity contribution in [3.63, 3.8) is 0 Å². The number of carbonyl (C=O) groups is 1. The highest BCUT2D eigenvalue weighted by molar-refractivity contribution is 5.98. The van der Waals surface area contributed by atoms with Crippen molar-refractivity contribution in [1.29, 1.82) is 0 Å². The van der Waals surface area contributed by atoms with Gasteiger partial charge in [0.25, 0.3) is 5.91 Å². The fourth-order valence-corrected chi connectivity index (χ4v) is 4.02. The van der Waals surface area contributed by atoms with Gasteiger partial charge in [-0.2, -0.15) is 0 Å². The van der Waals surface area contributed by atoms with Gasteiger partial charge in [-0.25, -0.2) is 0 Å². The van der Waals surface area contributed by atoms with E-state index in [0.29, 0.717) is 24.3 Å². The van der Waals surface area contributed by atoms with Crippen LogP contribution >= 0.6 is 0 Å². The number of ether oxygens (including phenoxy) is 1. The summed E-state index contributed by atoms with van der Waals surface area (Å²) in [5.41, 5.74) is 5.12. The molecule has 0 radical (unpaired) electrons. The Balaban J connectivity index is 0.00000342. The molecule has 0 unspecified atom stereocenters. The summed E-state index contributed by atoms with van der Waals surface area (Å²) >= 11 is 0. The topological polar surface area (TPSA) is 94.6 Å². The molecule has 0 saturated carbocycles. The molecule has 34 heavy (non-hydrogen) atoms.